The highest BCUT2D eigenvalue weighted by Gasteiger charge is 2.24. The number of hydrogen-bond donors (Lipinski definition) is 0. The van der Waals surface area contributed by atoms with Crippen molar-refractivity contribution in [2.75, 3.05) is 0 Å². The molecule has 9 aromatic rings. The number of furan rings is 1. The molecule has 0 aliphatic rings. The molecule has 0 radical (unpaired) electrons. The Morgan fingerprint density at radius 2 is 1.56 bits per heavy atom. The Kier molecular flexibility index (Phi) is 6.13. The largest absolute Gasteiger partial charge is 0.457 e. The van der Waals surface area contributed by atoms with Gasteiger partial charge < -0.3 is 9.15 Å². The first-order chi connectivity index (χ1) is 23.0. The Morgan fingerprint density at radius 1 is 0.729 bits per heavy atom. The smallest absolute Gasteiger partial charge is 0.229 e. The summed E-state index contributed by atoms with van der Waals surface area (Å²) in [6.07, 6.45) is 1.86. The fourth-order valence-electron chi connectivity index (χ4n) is 6.96. The van der Waals surface area contributed by atoms with Gasteiger partial charge in [0.15, 0.2) is 0 Å². The van der Waals surface area contributed by atoms with Gasteiger partial charge in [0.2, 0.25) is 5.71 Å². The molecule has 48 heavy (non-hydrogen) atoms. The van der Waals surface area contributed by atoms with E-state index in [1.807, 2.05) is 24.4 Å². The fraction of sp³-hybridized carbons (Fsp3) is 0.190. The molecule has 4 aromatic carbocycles. The minimum atomic E-state index is -0.148. The van der Waals surface area contributed by atoms with Gasteiger partial charge in [-0.2, -0.15) is 0 Å². The van der Waals surface area contributed by atoms with E-state index in [1.165, 1.54) is 25.7 Å². The van der Waals surface area contributed by atoms with Crippen molar-refractivity contribution < 1.29 is 9.15 Å². The molecular weight excluding hydrogens is 611 g/mol. The van der Waals surface area contributed by atoms with Crippen molar-refractivity contribution in [3.63, 3.8) is 0 Å². The summed E-state index contributed by atoms with van der Waals surface area (Å²) in [6, 6.07) is 34.1. The van der Waals surface area contributed by atoms with Crippen LogP contribution < -0.4 is 4.74 Å². The minimum Gasteiger partial charge on any atom is -0.457 e. The number of aromatic nitrogens is 3. The lowest BCUT2D eigenvalue weighted by Crippen LogP contribution is -2.14. The van der Waals surface area contributed by atoms with Crippen LogP contribution in [0.4, 0.5) is 0 Å². The standard InChI is InChI=1S/C42H35N3O2S/c1-41(2,3)25-19-24(31-23-36-38-37-33(47-40(38)44-31)14-9-15-35(37)48-36)20-27(21-25)46-34-22-26(16-17-30(34)42(4,5)6)45-32-13-8-7-11-28(32)29-12-10-18-43-39(29)45/h7-23H,1-6H3. The highest BCUT2D eigenvalue weighted by molar-refractivity contribution is 7.26. The Bertz CT molecular complexity index is 2570. The molecule has 6 heteroatoms. The van der Waals surface area contributed by atoms with Crippen LogP contribution in [0.3, 0.4) is 0 Å². The topological polar surface area (TPSA) is 53.1 Å². The second-order valence-electron chi connectivity index (χ2n) is 14.8. The van der Waals surface area contributed by atoms with Crippen molar-refractivity contribution >= 4 is 64.7 Å². The average molecular weight is 646 g/mol. The minimum absolute atomic E-state index is 0.111. The Balaban J connectivity index is 1.22. The Morgan fingerprint density at radius 3 is 2.40 bits per heavy atom. The summed E-state index contributed by atoms with van der Waals surface area (Å²) in [5, 5.41) is 4.59. The fourth-order valence-corrected chi connectivity index (χ4v) is 8.11. The first-order valence-corrected chi connectivity index (χ1v) is 17.2. The van der Waals surface area contributed by atoms with Gasteiger partial charge in [-0.05, 0) is 77.1 Å². The highest BCUT2D eigenvalue weighted by atomic mass is 32.1. The number of benzene rings is 4. The van der Waals surface area contributed by atoms with Crippen molar-refractivity contribution in [1.82, 2.24) is 14.5 Å². The normalized spacial score (nSPS) is 12.8. The molecule has 0 bridgehead atoms. The molecule has 0 saturated carbocycles. The number of hydrogen-bond acceptors (Lipinski definition) is 5. The van der Waals surface area contributed by atoms with Crippen LogP contribution in [-0.4, -0.2) is 14.5 Å². The molecule has 0 saturated heterocycles. The van der Waals surface area contributed by atoms with E-state index in [1.54, 1.807) is 11.3 Å². The molecule has 0 fully saturated rings. The Hall–Kier alpha value is -5.20. The quantitative estimate of drug-likeness (QED) is 0.191. The molecule has 0 spiro atoms. The van der Waals surface area contributed by atoms with E-state index in [9.17, 15) is 0 Å². The number of para-hydroxylation sites is 1. The lowest BCUT2D eigenvalue weighted by Gasteiger charge is -2.25. The second-order valence-corrected chi connectivity index (χ2v) is 15.9. The van der Waals surface area contributed by atoms with E-state index in [4.69, 9.17) is 19.1 Å². The molecule has 0 unspecified atom stereocenters. The van der Waals surface area contributed by atoms with Crippen LogP contribution in [0.25, 0.3) is 70.3 Å². The molecule has 5 aromatic heterocycles. The van der Waals surface area contributed by atoms with E-state index in [0.29, 0.717) is 5.71 Å². The predicted molar refractivity (Wildman–Crippen MR) is 200 cm³/mol. The van der Waals surface area contributed by atoms with Gasteiger partial charge in [0, 0.05) is 48.9 Å². The van der Waals surface area contributed by atoms with E-state index in [0.717, 1.165) is 61.5 Å². The first-order valence-electron chi connectivity index (χ1n) is 16.4. The summed E-state index contributed by atoms with van der Waals surface area (Å²) in [6.45, 7) is 13.4. The third-order valence-corrected chi connectivity index (χ3v) is 10.5. The summed E-state index contributed by atoms with van der Waals surface area (Å²) in [5.41, 5.74) is 8.53. The summed E-state index contributed by atoms with van der Waals surface area (Å²) < 4.78 is 17.9. The molecule has 0 aliphatic heterocycles. The van der Waals surface area contributed by atoms with Gasteiger partial charge in [0.1, 0.15) is 22.7 Å². The van der Waals surface area contributed by atoms with E-state index < -0.39 is 0 Å². The maximum Gasteiger partial charge on any atom is 0.229 e. The van der Waals surface area contributed by atoms with Crippen molar-refractivity contribution in [2.45, 2.75) is 52.4 Å². The molecule has 5 heterocycles. The van der Waals surface area contributed by atoms with Crippen LogP contribution in [0.5, 0.6) is 11.5 Å². The Labute approximate surface area is 282 Å². The predicted octanol–water partition coefficient (Wildman–Crippen LogP) is 12.2. The van der Waals surface area contributed by atoms with Gasteiger partial charge in [-0.1, -0.05) is 71.9 Å². The highest BCUT2D eigenvalue weighted by Crippen LogP contribution is 2.45. The molecule has 0 atom stereocenters. The molecule has 0 aliphatic carbocycles. The third-order valence-electron chi connectivity index (χ3n) is 9.38. The monoisotopic (exact) mass is 645 g/mol. The van der Waals surface area contributed by atoms with Crippen LogP contribution in [0.2, 0.25) is 0 Å². The molecule has 0 N–H and O–H groups in total. The van der Waals surface area contributed by atoms with Gasteiger partial charge in [-0.25, -0.2) is 9.97 Å². The van der Waals surface area contributed by atoms with Gasteiger partial charge in [0.05, 0.1) is 22.3 Å². The lowest BCUT2D eigenvalue weighted by molar-refractivity contribution is 0.453. The number of fused-ring (bicyclic) bond motifs is 3. The summed E-state index contributed by atoms with van der Waals surface area (Å²) in [4.78, 5) is 9.88. The molecule has 5 nitrogen and oxygen atoms in total. The lowest BCUT2D eigenvalue weighted by atomic mass is 9.85. The summed E-state index contributed by atoms with van der Waals surface area (Å²) >= 11 is 1.79. The second kappa shape index (κ2) is 10.1. The number of thiophene rings is 1. The van der Waals surface area contributed by atoms with Gasteiger partial charge in [-0.15, -0.1) is 11.3 Å². The van der Waals surface area contributed by atoms with Crippen molar-refractivity contribution in [3.05, 3.63) is 114 Å². The zero-order chi connectivity index (χ0) is 32.9. The molecule has 236 valence electrons. The molecule has 9 rings (SSSR count). The number of nitrogens with zero attached hydrogens (tertiary/aromatic N) is 3. The van der Waals surface area contributed by atoms with Gasteiger partial charge >= 0.3 is 0 Å². The SMILES string of the molecule is CC(C)(C)c1cc(Oc2cc(-n3c4ccccc4c4cccnc43)ccc2C(C)(C)C)cc(-c2cc3sc4cccc5oc(n2)c3c54)c1. The summed E-state index contributed by atoms with van der Waals surface area (Å²) in [7, 11) is 0. The van der Waals surface area contributed by atoms with E-state index in [2.05, 4.69) is 125 Å². The van der Waals surface area contributed by atoms with Crippen LogP contribution in [0.15, 0.2) is 108 Å². The average Bonchev–Trinajstić information content (AvgIpc) is 3.73. The van der Waals surface area contributed by atoms with E-state index in [-0.39, 0.29) is 10.8 Å². The number of rotatable bonds is 4. The maximum absolute atomic E-state index is 6.99. The van der Waals surface area contributed by atoms with Crippen LogP contribution in [0.1, 0.15) is 52.7 Å². The van der Waals surface area contributed by atoms with E-state index >= 15 is 0 Å². The number of pyridine rings is 2. The van der Waals surface area contributed by atoms with Crippen molar-refractivity contribution in [2.24, 2.45) is 0 Å². The van der Waals surface area contributed by atoms with Crippen molar-refractivity contribution in [1.29, 1.82) is 0 Å². The van der Waals surface area contributed by atoms with Crippen molar-refractivity contribution in [3.8, 4) is 28.4 Å². The third kappa shape index (κ3) is 4.50. The zero-order valence-electron chi connectivity index (χ0n) is 27.9. The number of ether oxygens (including phenoxy) is 1. The zero-order valence-corrected chi connectivity index (χ0v) is 28.7. The van der Waals surface area contributed by atoms with Crippen LogP contribution in [0, 0.1) is 0 Å². The molecular formula is C42H35N3O2S. The van der Waals surface area contributed by atoms with Gasteiger partial charge in [0.25, 0.3) is 0 Å². The first kappa shape index (κ1) is 29.0. The van der Waals surface area contributed by atoms with Crippen LogP contribution in [-0.2, 0) is 10.8 Å². The maximum atomic E-state index is 6.99. The van der Waals surface area contributed by atoms with Crippen LogP contribution >= 0.6 is 11.3 Å². The van der Waals surface area contributed by atoms with Gasteiger partial charge in [-0.3, -0.25) is 4.57 Å². The summed E-state index contributed by atoms with van der Waals surface area (Å²) in [5.74, 6) is 1.59. The molecule has 0 amide bonds.